The Labute approximate surface area is 96.1 Å². The number of aryl methyl sites for hydroxylation is 1. The molecule has 6 nitrogen and oxygen atoms in total. The Morgan fingerprint density at radius 1 is 1.47 bits per heavy atom. The molecule has 1 N–H and O–H groups in total. The summed E-state index contributed by atoms with van der Waals surface area (Å²) in [6.07, 6.45) is 0. The van der Waals surface area contributed by atoms with Crippen LogP contribution in [0.5, 0.6) is 0 Å². The highest BCUT2D eigenvalue weighted by molar-refractivity contribution is 5.89. The van der Waals surface area contributed by atoms with Gasteiger partial charge in [0.05, 0.1) is 12.1 Å². The van der Waals surface area contributed by atoms with E-state index in [1.165, 1.54) is 10.6 Å². The number of aromatic carboxylic acids is 1. The molecule has 6 heteroatoms. The minimum Gasteiger partial charge on any atom is -0.478 e. The van der Waals surface area contributed by atoms with E-state index < -0.39 is 11.7 Å². The number of carboxylic acids is 1. The Morgan fingerprint density at radius 2 is 2.18 bits per heavy atom. The van der Waals surface area contributed by atoms with Crippen molar-refractivity contribution in [2.24, 2.45) is 0 Å². The van der Waals surface area contributed by atoms with Crippen molar-refractivity contribution in [2.75, 3.05) is 0 Å². The Hall–Kier alpha value is -2.37. The molecular formula is C11H10N2O4. The lowest BCUT2D eigenvalue weighted by atomic mass is 10.1. The van der Waals surface area contributed by atoms with Gasteiger partial charge in [-0.2, -0.15) is 0 Å². The maximum atomic E-state index is 11.3. The van der Waals surface area contributed by atoms with E-state index in [1.807, 2.05) is 0 Å². The summed E-state index contributed by atoms with van der Waals surface area (Å²) in [5.41, 5.74) is 0.702. The predicted molar refractivity (Wildman–Crippen MR) is 58.0 cm³/mol. The van der Waals surface area contributed by atoms with E-state index >= 15 is 0 Å². The first kappa shape index (κ1) is 11.1. The number of carbonyl (C=O) groups is 1. The average Bonchev–Trinajstić information content (AvgIpc) is 2.61. The van der Waals surface area contributed by atoms with E-state index in [0.717, 1.165) is 0 Å². The fraction of sp³-hybridized carbons (Fsp3) is 0.182. The van der Waals surface area contributed by atoms with Crippen LogP contribution in [0.3, 0.4) is 0 Å². The summed E-state index contributed by atoms with van der Waals surface area (Å²) in [6.45, 7) is 1.75. The summed E-state index contributed by atoms with van der Waals surface area (Å²) in [5, 5.41) is 12.5. The van der Waals surface area contributed by atoms with Crippen LogP contribution in [-0.2, 0) is 6.54 Å². The molecular weight excluding hydrogens is 224 g/mol. The molecule has 0 saturated heterocycles. The van der Waals surface area contributed by atoms with Gasteiger partial charge in [-0.3, -0.25) is 9.09 Å². The van der Waals surface area contributed by atoms with Crippen LogP contribution in [0.4, 0.5) is 0 Å². The smallest absolute Gasteiger partial charge is 0.441 e. The largest absolute Gasteiger partial charge is 0.478 e. The number of aromatic nitrogens is 2. The molecule has 0 atom stereocenters. The molecule has 0 aliphatic carbocycles. The average molecular weight is 234 g/mol. The highest BCUT2D eigenvalue weighted by atomic mass is 16.5. The van der Waals surface area contributed by atoms with Crippen LogP contribution in [0.25, 0.3) is 0 Å². The summed E-state index contributed by atoms with van der Waals surface area (Å²) >= 11 is 0. The SMILES string of the molecule is Cc1noc(=O)n1Cc1ccccc1C(=O)O. The predicted octanol–water partition coefficient (Wildman–Crippen LogP) is 0.891. The highest BCUT2D eigenvalue weighted by Gasteiger charge is 2.12. The van der Waals surface area contributed by atoms with E-state index in [4.69, 9.17) is 5.11 Å². The summed E-state index contributed by atoms with van der Waals surface area (Å²) in [5.74, 6) is -1.21. The van der Waals surface area contributed by atoms with Crippen LogP contribution in [0.1, 0.15) is 21.7 Å². The summed E-state index contributed by atoms with van der Waals surface area (Å²) < 4.78 is 5.76. The van der Waals surface area contributed by atoms with Crippen molar-refractivity contribution in [3.63, 3.8) is 0 Å². The molecule has 0 spiro atoms. The van der Waals surface area contributed by atoms with E-state index in [1.54, 1.807) is 25.1 Å². The van der Waals surface area contributed by atoms with Gasteiger partial charge < -0.3 is 5.11 Å². The molecule has 1 heterocycles. The van der Waals surface area contributed by atoms with Crippen molar-refractivity contribution in [3.8, 4) is 0 Å². The van der Waals surface area contributed by atoms with Crippen molar-refractivity contribution in [1.82, 2.24) is 9.72 Å². The van der Waals surface area contributed by atoms with Gasteiger partial charge >= 0.3 is 11.7 Å². The summed E-state index contributed by atoms with van der Waals surface area (Å²) in [4.78, 5) is 22.3. The van der Waals surface area contributed by atoms with Gasteiger partial charge in [-0.1, -0.05) is 23.4 Å². The molecule has 0 fully saturated rings. The lowest BCUT2D eigenvalue weighted by Gasteiger charge is -2.05. The Kier molecular flexibility index (Phi) is 2.78. The van der Waals surface area contributed by atoms with E-state index in [9.17, 15) is 9.59 Å². The molecule has 0 bridgehead atoms. The third-order valence-electron chi connectivity index (χ3n) is 2.44. The molecule has 2 aromatic rings. The Bertz CT molecular complexity index is 612. The van der Waals surface area contributed by atoms with Crippen LogP contribution in [-0.4, -0.2) is 20.8 Å². The molecule has 1 aromatic carbocycles. The van der Waals surface area contributed by atoms with E-state index in [0.29, 0.717) is 11.4 Å². The monoisotopic (exact) mass is 234 g/mol. The fourth-order valence-electron chi connectivity index (χ4n) is 1.55. The van der Waals surface area contributed by atoms with Crippen LogP contribution >= 0.6 is 0 Å². The topological polar surface area (TPSA) is 85.3 Å². The second kappa shape index (κ2) is 4.25. The molecule has 2 rings (SSSR count). The number of hydrogen-bond donors (Lipinski definition) is 1. The summed E-state index contributed by atoms with van der Waals surface area (Å²) in [6, 6.07) is 6.50. The zero-order valence-corrected chi connectivity index (χ0v) is 9.08. The molecule has 0 radical (unpaired) electrons. The minimum atomic E-state index is -1.03. The number of benzene rings is 1. The number of hydrogen-bond acceptors (Lipinski definition) is 4. The molecule has 0 amide bonds. The van der Waals surface area contributed by atoms with Gasteiger partial charge in [-0.15, -0.1) is 0 Å². The fourth-order valence-corrected chi connectivity index (χ4v) is 1.55. The van der Waals surface area contributed by atoms with Gasteiger partial charge in [0.15, 0.2) is 5.82 Å². The molecule has 0 aliphatic rings. The first-order valence-electron chi connectivity index (χ1n) is 4.94. The molecule has 1 aromatic heterocycles. The van der Waals surface area contributed by atoms with Crippen LogP contribution in [0.2, 0.25) is 0 Å². The van der Waals surface area contributed by atoms with E-state index in [-0.39, 0.29) is 12.1 Å². The van der Waals surface area contributed by atoms with Crippen molar-refractivity contribution < 1.29 is 14.4 Å². The maximum Gasteiger partial charge on any atom is 0.441 e. The van der Waals surface area contributed by atoms with Gasteiger partial charge in [0, 0.05) is 0 Å². The quantitative estimate of drug-likeness (QED) is 0.852. The second-order valence-corrected chi connectivity index (χ2v) is 3.54. The zero-order chi connectivity index (χ0) is 12.4. The lowest BCUT2D eigenvalue weighted by Crippen LogP contribution is -2.18. The van der Waals surface area contributed by atoms with Gasteiger partial charge in [0.1, 0.15) is 0 Å². The number of nitrogens with zero attached hydrogens (tertiary/aromatic N) is 2. The van der Waals surface area contributed by atoms with E-state index in [2.05, 4.69) is 9.68 Å². The minimum absolute atomic E-state index is 0.136. The van der Waals surface area contributed by atoms with Gasteiger partial charge in [0.25, 0.3) is 0 Å². The van der Waals surface area contributed by atoms with Crippen LogP contribution in [0.15, 0.2) is 33.6 Å². The van der Waals surface area contributed by atoms with Gasteiger partial charge in [-0.05, 0) is 18.6 Å². The third-order valence-corrected chi connectivity index (χ3v) is 2.44. The molecule has 88 valence electrons. The Balaban J connectivity index is 2.43. The van der Waals surface area contributed by atoms with Crippen LogP contribution < -0.4 is 5.76 Å². The standard InChI is InChI=1S/C11H10N2O4/c1-7-12-17-11(16)13(7)6-8-4-2-3-5-9(8)10(14)15/h2-5H,6H2,1H3,(H,14,15). The normalized spacial score (nSPS) is 10.4. The van der Waals surface area contributed by atoms with Crippen molar-refractivity contribution in [1.29, 1.82) is 0 Å². The summed E-state index contributed by atoms with van der Waals surface area (Å²) in [7, 11) is 0. The lowest BCUT2D eigenvalue weighted by molar-refractivity contribution is 0.0695. The third kappa shape index (κ3) is 2.10. The molecule has 0 saturated carbocycles. The number of rotatable bonds is 3. The van der Waals surface area contributed by atoms with Crippen LogP contribution in [0, 0.1) is 6.92 Å². The van der Waals surface area contributed by atoms with Gasteiger partial charge in [0.2, 0.25) is 0 Å². The first-order chi connectivity index (χ1) is 8.09. The molecule has 17 heavy (non-hydrogen) atoms. The number of carboxylic acid groups (broad SMARTS) is 1. The maximum absolute atomic E-state index is 11.3. The molecule has 0 unspecified atom stereocenters. The van der Waals surface area contributed by atoms with Crippen molar-refractivity contribution >= 4 is 5.97 Å². The molecule has 0 aliphatic heterocycles. The Morgan fingerprint density at radius 3 is 2.76 bits per heavy atom. The van der Waals surface area contributed by atoms with Crippen molar-refractivity contribution in [2.45, 2.75) is 13.5 Å². The van der Waals surface area contributed by atoms with Gasteiger partial charge in [-0.25, -0.2) is 9.59 Å². The second-order valence-electron chi connectivity index (χ2n) is 3.54. The van der Waals surface area contributed by atoms with Crippen molar-refractivity contribution in [3.05, 3.63) is 51.8 Å². The first-order valence-corrected chi connectivity index (χ1v) is 4.94. The highest BCUT2D eigenvalue weighted by Crippen LogP contribution is 2.10. The zero-order valence-electron chi connectivity index (χ0n) is 9.08.